The minimum atomic E-state index is -0.408. The summed E-state index contributed by atoms with van der Waals surface area (Å²) in [4.78, 5) is 19.3. The third-order valence-electron chi connectivity index (χ3n) is 4.53. The lowest BCUT2D eigenvalue weighted by Gasteiger charge is -2.31. The van der Waals surface area contributed by atoms with Crippen molar-refractivity contribution in [1.29, 1.82) is 0 Å². The highest BCUT2D eigenvalue weighted by molar-refractivity contribution is 6.07. The van der Waals surface area contributed by atoms with Crippen LogP contribution in [0.1, 0.15) is 23.0 Å². The van der Waals surface area contributed by atoms with Gasteiger partial charge in [0, 0.05) is 18.7 Å². The highest BCUT2D eigenvalue weighted by Gasteiger charge is 2.27. The molecular formula is C19H18FN3O3. The molecule has 1 fully saturated rings. The van der Waals surface area contributed by atoms with Gasteiger partial charge in [-0.2, -0.15) is 0 Å². The Morgan fingerprint density at radius 2 is 2.15 bits per heavy atom. The number of rotatable bonds is 2. The maximum Gasteiger partial charge on any atom is 0.259 e. The number of nitrogens with zero attached hydrogens (tertiary/aromatic N) is 3. The molecule has 1 amide bonds. The number of aromatic nitrogens is 2. The molecule has 0 saturated carbocycles. The number of morpholine rings is 1. The van der Waals surface area contributed by atoms with E-state index in [9.17, 15) is 9.18 Å². The number of amides is 1. The van der Waals surface area contributed by atoms with E-state index in [1.165, 1.54) is 6.07 Å². The molecule has 1 aromatic carbocycles. The summed E-state index contributed by atoms with van der Waals surface area (Å²) in [5.74, 6) is -0.564. The maximum absolute atomic E-state index is 14.2. The van der Waals surface area contributed by atoms with E-state index in [2.05, 4.69) is 10.1 Å². The van der Waals surface area contributed by atoms with Crippen LogP contribution in [0.25, 0.3) is 22.4 Å². The monoisotopic (exact) mass is 355 g/mol. The van der Waals surface area contributed by atoms with E-state index < -0.39 is 5.82 Å². The van der Waals surface area contributed by atoms with Gasteiger partial charge in [0.25, 0.3) is 11.6 Å². The summed E-state index contributed by atoms with van der Waals surface area (Å²) in [6.45, 7) is 5.18. The van der Waals surface area contributed by atoms with Crippen LogP contribution in [0, 0.1) is 12.7 Å². The zero-order valence-corrected chi connectivity index (χ0v) is 14.5. The number of carbonyl (C=O) groups is 1. The largest absolute Gasteiger partial charge is 0.375 e. The van der Waals surface area contributed by atoms with Crippen LogP contribution in [0.3, 0.4) is 0 Å². The Balaban J connectivity index is 1.86. The predicted octanol–water partition coefficient (Wildman–Crippen LogP) is 3.20. The smallest absolute Gasteiger partial charge is 0.259 e. The van der Waals surface area contributed by atoms with Gasteiger partial charge in [-0.25, -0.2) is 9.37 Å². The fraction of sp³-hybridized carbons (Fsp3) is 0.316. The Morgan fingerprint density at radius 1 is 1.35 bits per heavy atom. The molecule has 3 heterocycles. The van der Waals surface area contributed by atoms with Crippen molar-refractivity contribution in [2.45, 2.75) is 20.0 Å². The molecule has 1 aliphatic heterocycles. The molecule has 1 aliphatic rings. The lowest BCUT2D eigenvalue weighted by atomic mass is 10.0. The first-order valence-electron chi connectivity index (χ1n) is 8.47. The van der Waals surface area contributed by atoms with Crippen LogP contribution < -0.4 is 0 Å². The summed E-state index contributed by atoms with van der Waals surface area (Å²) in [6.07, 6.45) is -0.0281. The molecule has 0 radical (unpaired) electrons. The molecule has 1 saturated heterocycles. The molecule has 0 aliphatic carbocycles. The average molecular weight is 355 g/mol. The van der Waals surface area contributed by atoms with Crippen molar-refractivity contribution < 1.29 is 18.4 Å². The molecule has 3 aromatic rings. The number of benzene rings is 1. The van der Waals surface area contributed by atoms with E-state index in [0.717, 1.165) is 0 Å². The molecule has 0 spiro atoms. The van der Waals surface area contributed by atoms with Gasteiger partial charge < -0.3 is 14.2 Å². The number of fused-ring (bicyclic) bond motifs is 1. The van der Waals surface area contributed by atoms with Gasteiger partial charge in [0.15, 0.2) is 0 Å². The number of halogens is 1. The summed E-state index contributed by atoms with van der Waals surface area (Å²) in [5.41, 5.74) is 1.88. The minimum Gasteiger partial charge on any atom is -0.375 e. The Hall–Kier alpha value is -2.80. The second-order valence-corrected chi connectivity index (χ2v) is 6.42. The minimum absolute atomic E-state index is 0.0281. The number of carbonyl (C=O) groups excluding carboxylic acids is 1. The predicted molar refractivity (Wildman–Crippen MR) is 93.3 cm³/mol. The lowest BCUT2D eigenvalue weighted by molar-refractivity contribution is -0.0123. The first-order chi connectivity index (χ1) is 12.5. The Morgan fingerprint density at radius 3 is 2.92 bits per heavy atom. The molecule has 26 heavy (non-hydrogen) atoms. The van der Waals surface area contributed by atoms with Gasteiger partial charge in [0.05, 0.1) is 35.0 Å². The van der Waals surface area contributed by atoms with Gasteiger partial charge in [-0.15, -0.1) is 0 Å². The van der Waals surface area contributed by atoms with E-state index in [1.807, 2.05) is 6.92 Å². The van der Waals surface area contributed by atoms with Crippen LogP contribution in [0.4, 0.5) is 4.39 Å². The highest BCUT2D eigenvalue weighted by Crippen LogP contribution is 2.29. The highest BCUT2D eigenvalue weighted by atomic mass is 19.1. The van der Waals surface area contributed by atoms with Crippen LogP contribution >= 0.6 is 0 Å². The van der Waals surface area contributed by atoms with Crippen LogP contribution in [-0.4, -0.2) is 46.7 Å². The zero-order chi connectivity index (χ0) is 18.3. The van der Waals surface area contributed by atoms with E-state index in [0.29, 0.717) is 47.6 Å². The molecule has 6 nitrogen and oxygen atoms in total. The fourth-order valence-corrected chi connectivity index (χ4v) is 3.24. The quantitative estimate of drug-likeness (QED) is 0.706. The second kappa shape index (κ2) is 6.49. The van der Waals surface area contributed by atoms with Crippen molar-refractivity contribution in [3.63, 3.8) is 0 Å². The van der Waals surface area contributed by atoms with Crippen molar-refractivity contribution in [3.05, 3.63) is 47.4 Å². The third-order valence-corrected chi connectivity index (χ3v) is 4.53. The van der Waals surface area contributed by atoms with Crippen molar-refractivity contribution >= 4 is 17.0 Å². The number of ether oxygens (including phenoxy) is 1. The lowest BCUT2D eigenvalue weighted by Crippen LogP contribution is -2.44. The van der Waals surface area contributed by atoms with Crippen molar-refractivity contribution in [3.8, 4) is 11.3 Å². The van der Waals surface area contributed by atoms with Crippen molar-refractivity contribution in [1.82, 2.24) is 15.0 Å². The first-order valence-corrected chi connectivity index (χ1v) is 8.47. The van der Waals surface area contributed by atoms with Gasteiger partial charge in [0.2, 0.25) is 0 Å². The van der Waals surface area contributed by atoms with Gasteiger partial charge in [-0.3, -0.25) is 4.79 Å². The Kier molecular flexibility index (Phi) is 4.16. The van der Waals surface area contributed by atoms with Crippen LogP contribution in [-0.2, 0) is 4.74 Å². The van der Waals surface area contributed by atoms with Gasteiger partial charge in [-0.1, -0.05) is 17.3 Å². The standard InChI is InChI=1S/C19H18FN3O3/c1-11-10-23(7-8-25-11)19(24)14-9-16(13-5-3-4-6-15(13)20)21-18-17(14)12(2)22-26-18/h3-6,9,11H,7-8,10H2,1-2H3. The van der Waals surface area contributed by atoms with Crippen LogP contribution in [0.2, 0.25) is 0 Å². The molecule has 1 unspecified atom stereocenters. The van der Waals surface area contributed by atoms with Crippen LogP contribution in [0.15, 0.2) is 34.9 Å². The third kappa shape index (κ3) is 2.84. The fourth-order valence-electron chi connectivity index (χ4n) is 3.24. The van der Waals surface area contributed by atoms with E-state index in [-0.39, 0.29) is 17.7 Å². The molecule has 134 valence electrons. The van der Waals surface area contributed by atoms with E-state index in [1.54, 1.807) is 36.1 Å². The molecule has 2 aromatic heterocycles. The topological polar surface area (TPSA) is 68.5 Å². The molecule has 4 rings (SSSR count). The zero-order valence-electron chi connectivity index (χ0n) is 14.5. The Bertz CT molecular complexity index is 985. The van der Waals surface area contributed by atoms with E-state index in [4.69, 9.17) is 9.26 Å². The summed E-state index contributed by atoms with van der Waals surface area (Å²) in [5, 5.41) is 4.49. The summed E-state index contributed by atoms with van der Waals surface area (Å²) < 4.78 is 25.0. The molecule has 1 atom stereocenters. The van der Waals surface area contributed by atoms with Crippen LogP contribution in [0.5, 0.6) is 0 Å². The molecule has 7 heteroatoms. The van der Waals surface area contributed by atoms with Gasteiger partial charge in [-0.05, 0) is 32.0 Å². The maximum atomic E-state index is 14.2. The average Bonchev–Trinajstić information content (AvgIpc) is 3.02. The van der Waals surface area contributed by atoms with E-state index >= 15 is 0 Å². The molecule has 0 bridgehead atoms. The van der Waals surface area contributed by atoms with Gasteiger partial charge >= 0.3 is 0 Å². The van der Waals surface area contributed by atoms with Crippen molar-refractivity contribution in [2.24, 2.45) is 0 Å². The summed E-state index contributed by atoms with van der Waals surface area (Å²) >= 11 is 0. The molecule has 0 N–H and O–H groups in total. The first kappa shape index (κ1) is 16.7. The second-order valence-electron chi connectivity index (χ2n) is 6.42. The molecular weight excluding hydrogens is 337 g/mol. The summed E-state index contributed by atoms with van der Waals surface area (Å²) in [6, 6.07) is 7.93. The number of hydrogen-bond acceptors (Lipinski definition) is 5. The number of hydrogen-bond donors (Lipinski definition) is 0. The SMILES string of the molecule is Cc1noc2nc(-c3ccccc3F)cc(C(=O)N3CCOC(C)C3)c12. The van der Waals surface area contributed by atoms with Crippen molar-refractivity contribution in [2.75, 3.05) is 19.7 Å². The normalized spacial score (nSPS) is 17.7. The Labute approximate surface area is 149 Å². The summed E-state index contributed by atoms with van der Waals surface area (Å²) in [7, 11) is 0. The number of aryl methyl sites for hydroxylation is 1. The number of pyridine rings is 1. The van der Waals surface area contributed by atoms with Gasteiger partial charge in [0.1, 0.15) is 5.82 Å².